The summed E-state index contributed by atoms with van der Waals surface area (Å²) in [4.78, 5) is 13.5. The highest BCUT2D eigenvalue weighted by Crippen LogP contribution is 2.79. The van der Waals surface area contributed by atoms with Gasteiger partial charge in [0, 0.05) is 11.8 Å². The zero-order valence-electron chi connectivity index (χ0n) is 16.1. The fraction of sp³-hybridized carbons (Fsp3) is 0.682. The Labute approximate surface area is 151 Å². The lowest BCUT2D eigenvalue weighted by atomic mass is 9.38. The molecular weight excluding hydrogens is 312 g/mol. The molecule has 0 amide bonds. The predicted molar refractivity (Wildman–Crippen MR) is 98.2 cm³/mol. The number of benzene rings is 1. The molecule has 0 N–H and O–H groups in total. The lowest BCUT2D eigenvalue weighted by molar-refractivity contribution is -0.172. The molecule has 4 rings (SSSR count). The normalized spacial score (nSPS) is 38.5. The van der Waals surface area contributed by atoms with Crippen molar-refractivity contribution in [2.45, 2.75) is 58.8 Å². The van der Waals surface area contributed by atoms with Crippen LogP contribution in [0, 0.1) is 22.2 Å². The first-order valence-corrected chi connectivity index (χ1v) is 9.58. The summed E-state index contributed by atoms with van der Waals surface area (Å²) in [6.07, 6.45) is 5.89. The summed E-state index contributed by atoms with van der Waals surface area (Å²) in [5.74, 6) is 2.14. The van der Waals surface area contributed by atoms with Crippen molar-refractivity contribution < 1.29 is 14.3 Å². The summed E-state index contributed by atoms with van der Waals surface area (Å²) in [5.41, 5.74) is 1.57. The van der Waals surface area contributed by atoms with E-state index in [1.54, 1.807) is 14.2 Å². The molecule has 0 aliphatic heterocycles. The highest BCUT2D eigenvalue weighted by Gasteiger charge is 2.75. The lowest BCUT2D eigenvalue weighted by Gasteiger charge is -2.65. The SMILES string of the molecule is COc1ccc([C@H]2C(=O)[C@@H]3CC[C@@]34C(C)(C)CCC[C@@]24C)cc1OC. The van der Waals surface area contributed by atoms with E-state index in [0.717, 1.165) is 29.9 Å². The Hall–Kier alpha value is -1.51. The number of ether oxygens (including phenoxy) is 2. The lowest BCUT2D eigenvalue weighted by Crippen LogP contribution is -2.59. The second kappa shape index (κ2) is 5.25. The van der Waals surface area contributed by atoms with Gasteiger partial charge in [-0.05, 0) is 59.6 Å². The number of carbonyl (C=O) groups excluding carboxylic acids is 1. The van der Waals surface area contributed by atoms with Gasteiger partial charge in [0.1, 0.15) is 5.78 Å². The highest BCUT2D eigenvalue weighted by molar-refractivity contribution is 5.94. The molecule has 0 aromatic heterocycles. The van der Waals surface area contributed by atoms with Crippen LogP contribution in [0.4, 0.5) is 0 Å². The molecule has 3 heteroatoms. The Morgan fingerprint density at radius 2 is 1.72 bits per heavy atom. The molecule has 4 atom stereocenters. The van der Waals surface area contributed by atoms with E-state index in [2.05, 4.69) is 26.8 Å². The van der Waals surface area contributed by atoms with E-state index in [-0.39, 0.29) is 28.1 Å². The fourth-order valence-electron chi connectivity index (χ4n) is 7.05. The minimum Gasteiger partial charge on any atom is -0.493 e. The van der Waals surface area contributed by atoms with Crippen LogP contribution in [0.25, 0.3) is 0 Å². The molecule has 0 saturated heterocycles. The van der Waals surface area contributed by atoms with Crippen LogP contribution in [0.15, 0.2) is 18.2 Å². The largest absolute Gasteiger partial charge is 0.493 e. The highest BCUT2D eigenvalue weighted by atomic mass is 16.5. The summed E-state index contributed by atoms with van der Waals surface area (Å²) < 4.78 is 10.9. The molecule has 1 spiro atoms. The van der Waals surface area contributed by atoms with Gasteiger partial charge < -0.3 is 9.47 Å². The van der Waals surface area contributed by atoms with E-state index in [0.29, 0.717) is 5.78 Å². The summed E-state index contributed by atoms with van der Waals surface area (Å²) in [6.45, 7) is 7.20. The Bertz CT molecular complexity index is 722. The molecule has 0 bridgehead atoms. The molecule has 3 saturated carbocycles. The van der Waals surface area contributed by atoms with Gasteiger partial charge >= 0.3 is 0 Å². The molecule has 1 aromatic rings. The van der Waals surface area contributed by atoms with Gasteiger partial charge in [-0.1, -0.05) is 33.3 Å². The van der Waals surface area contributed by atoms with Crippen molar-refractivity contribution in [2.24, 2.45) is 22.2 Å². The molecule has 0 radical (unpaired) electrons. The maximum absolute atomic E-state index is 13.5. The van der Waals surface area contributed by atoms with Gasteiger partial charge in [-0.2, -0.15) is 0 Å². The van der Waals surface area contributed by atoms with Crippen LogP contribution in [-0.2, 0) is 4.79 Å². The van der Waals surface area contributed by atoms with Gasteiger partial charge in [-0.15, -0.1) is 0 Å². The number of methoxy groups -OCH3 is 2. The number of ketones is 1. The first-order valence-electron chi connectivity index (χ1n) is 9.58. The smallest absolute Gasteiger partial charge is 0.161 e. The number of Topliss-reactive ketones (excluding diaryl/α,β-unsaturated/α-hetero) is 1. The molecule has 3 aliphatic carbocycles. The van der Waals surface area contributed by atoms with Gasteiger partial charge in [-0.3, -0.25) is 4.79 Å². The Morgan fingerprint density at radius 3 is 2.32 bits per heavy atom. The minimum atomic E-state index is -0.0145. The Kier molecular flexibility index (Phi) is 3.55. The van der Waals surface area contributed by atoms with Crippen LogP contribution >= 0.6 is 0 Å². The number of hydrogen-bond acceptors (Lipinski definition) is 3. The zero-order valence-corrected chi connectivity index (χ0v) is 16.1. The van der Waals surface area contributed by atoms with Crippen LogP contribution < -0.4 is 9.47 Å². The van der Waals surface area contributed by atoms with E-state index in [9.17, 15) is 4.79 Å². The molecule has 3 nitrogen and oxygen atoms in total. The summed E-state index contributed by atoms with van der Waals surface area (Å²) in [5, 5.41) is 0. The average molecular weight is 342 g/mol. The third kappa shape index (κ3) is 1.85. The molecular formula is C22H30O3. The van der Waals surface area contributed by atoms with Crippen LogP contribution in [0.2, 0.25) is 0 Å². The third-order valence-corrected chi connectivity index (χ3v) is 8.15. The van der Waals surface area contributed by atoms with Crippen LogP contribution in [0.5, 0.6) is 11.5 Å². The van der Waals surface area contributed by atoms with Crippen molar-refractivity contribution in [2.75, 3.05) is 14.2 Å². The molecule has 0 heterocycles. The quantitative estimate of drug-likeness (QED) is 0.777. The van der Waals surface area contributed by atoms with Crippen LogP contribution in [0.1, 0.15) is 64.4 Å². The number of carbonyl (C=O) groups is 1. The van der Waals surface area contributed by atoms with Crippen molar-refractivity contribution in [3.8, 4) is 11.5 Å². The van der Waals surface area contributed by atoms with E-state index in [1.165, 1.54) is 19.3 Å². The summed E-state index contributed by atoms with van der Waals surface area (Å²) in [6, 6.07) is 6.06. The van der Waals surface area contributed by atoms with Crippen LogP contribution in [0.3, 0.4) is 0 Å². The second-order valence-electron chi connectivity index (χ2n) is 9.17. The first-order chi connectivity index (χ1) is 11.8. The van der Waals surface area contributed by atoms with Crippen molar-refractivity contribution in [3.63, 3.8) is 0 Å². The average Bonchev–Trinajstić information content (AvgIpc) is 2.66. The van der Waals surface area contributed by atoms with Crippen molar-refractivity contribution in [1.29, 1.82) is 0 Å². The molecule has 25 heavy (non-hydrogen) atoms. The number of rotatable bonds is 3. The van der Waals surface area contributed by atoms with Gasteiger partial charge in [0.25, 0.3) is 0 Å². The van der Waals surface area contributed by atoms with E-state index < -0.39 is 0 Å². The molecule has 3 aliphatic rings. The maximum atomic E-state index is 13.5. The van der Waals surface area contributed by atoms with E-state index >= 15 is 0 Å². The summed E-state index contributed by atoms with van der Waals surface area (Å²) >= 11 is 0. The molecule has 0 unspecified atom stereocenters. The fourth-order valence-corrected chi connectivity index (χ4v) is 7.05. The molecule has 136 valence electrons. The number of hydrogen-bond donors (Lipinski definition) is 0. The maximum Gasteiger partial charge on any atom is 0.161 e. The molecule has 1 aromatic carbocycles. The minimum absolute atomic E-state index is 0.0145. The molecule has 3 fully saturated rings. The predicted octanol–water partition coefficient (Wildman–Crippen LogP) is 4.98. The summed E-state index contributed by atoms with van der Waals surface area (Å²) in [7, 11) is 3.31. The topological polar surface area (TPSA) is 35.5 Å². The Morgan fingerprint density at radius 1 is 1.00 bits per heavy atom. The van der Waals surface area contributed by atoms with Crippen LogP contribution in [-0.4, -0.2) is 20.0 Å². The zero-order chi connectivity index (χ0) is 18.0. The van der Waals surface area contributed by atoms with Gasteiger partial charge in [0.05, 0.1) is 14.2 Å². The van der Waals surface area contributed by atoms with Gasteiger partial charge in [0.15, 0.2) is 11.5 Å². The van der Waals surface area contributed by atoms with Gasteiger partial charge in [-0.25, -0.2) is 0 Å². The van der Waals surface area contributed by atoms with Gasteiger partial charge in [0.2, 0.25) is 0 Å². The van der Waals surface area contributed by atoms with E-state index in [1.807, 2.05) is 12.1 Å². The van der Waals surface area contributed by atoms with E-state index in [4.69, 9.17) is 9.47 Å². The second-order valence-corrected chi connectivity index (χ2v) is 9.17. The Balaban J connectivity index is 1.85. The monoisotopic (exact) mass is 342 g/mol. The third-order valence-electron chi connectivity index (χ3n) is 8.15. The van der Waals surface area contributed by atoms with Crippen molar-refractivity contribution in [3.05, 3.63) is 23.8 Å². The first kappa shape index (κ1) is 16.9. The standard InChI is InChI=1S/C22H30O3/c1-20(2)10-6-11-21(3)18(19(23)15-9-12-22(15,20)21)14-7-8-16(24-4)17(13-14)25-5/h7-8,13,15,18H,6,9-12H2,1-5H3/t15-,18-,21-,22-/m0/s1. The van der Waals surface area contributed by atoms with Crippen molar-refractivity contribution in [1.82, 2.24) is 0 Å². The van der Waals surface area contributed by atoms with Crippen molar-refractivity contribution >= 4 is 5.78 Å².